The molecule has 1 fully saturated rings. The molecule has 124 valence electrons. The Morgan fingerprint density at radius 1 is 1.43 bits per heavy atom. The molecule has 1 aromatic carbocycles. The van der Waals surface area contributed by atoms with Crippen LogP contribution in [-0.2, 0) is 9.59 Å². The molecule has 0 aliphatic carbocycles. The minimum absolute atomic E-state index is 0.252. The molecule has 0 radical (unpaired) electrons. The van der Waals surface area contributed by atoms with Gasteiger partial charge in [0.05, 0.1) is 10.7 Å². The number of nitrogens with one attached hydrogen (secondary N) is 1. The number of likely N-dealkylation sites (tertiary alicyclic amines) is 1. The average Bonchev–Trinajstić information content (AvgIpc) is 2.98. The Morgan fingerprint density at radius 3 is 2.74 bits per heavy atom. The molecule has 0 bridgehead atoms. The minimum atomic E-state index is -1.03. The second-order valence-electron chi connectivity index (χ2n) is 5.46. The minimum Gasteiger partial charge on any atom is -0.480 e. The van der Waals surface area contributed by atoms with Gasteiger partial charge in [-0.2, -0.15) is 0 Å². The number of anilines is 1. The van der Waals surface area contributed by atoms with Crippen molar-refractivity contribution in [3.05, 3.63) is 28.8 Å². The first-order valence-corrected chi connectivity index (χ1v) is 7.58. The van der Waals surface area contributed by atoms with Gasteiger partial charge in [-0.05, 0) is 38.0 Å². The number of carbonyl (C=O) groups excluding carboxylic acids is 2. The molecule has 4 N–H and O–H groups in total. The molecule has 23 heavy (non-hydrogen) atoms. The van der Waals surface area contributed by atoms with Crippen molar-refractivity contribution in [2.75, 3.05) is 12.3 Å². The van der Waals surface area contributed by atoms with Crippen LogP contribution in [-0.4, -0.2) is 46.4 Å². The zero-order chi connectivity index (χ0) is 17.1. The van der Waals surface area contributed by atoms with E-state index in [1.807, 2.05) is 0 Å². The molecule has 0 saturated carbocycles. The van der Waals surface area contributed by atoms with Gasteiger partial charge in [0, 0.05) is 12.1 Å². The van der Waals surface area contributed by atoms with Gasteiger partial charge in [0.2, 0.25) is 5.91 Å². The van der Waals surface area contributed by atoms with Crippen molar-refractivity contribution in [2.45, 2.75) is 31.8 Å². The number of hydrogen-bond donors (Lipinski definition) is 3. The molecule has 1 heterocycles. The number of aliphatic carboxylic acids is 1. The Morgan fingerprint density at radius 2 is 2.13 bits per heavy atom. The number of carbonyl (C=O) groups is 3. The molecule has 1 aliphatic rings. The van der Waals surface area contributed by atoms with Crippen molar-refractivity contribution in [3.8, 4) is 0 Å². The van der Waals surface area contributed by atoms with Gasteiger partial charge in [0.25, 0.3) is 5.91 Å². The average molecular weight is 340 g/mol. The Hall–Kier alpha value is -2.28. The quantitative estimate of drug-likeness (QED) is 0.711. The van der Waals surface area contributed by atoms with Crippen molar-refractivity contribution >= 4 is 35.1 Å². The van der Waals surface area contributed by atoms with Crippen LogP contribution in [0.2, 0.25) is 5.02 Å². The lowest BCUT2D eigenvalue weighted by Crippen LogP contribution is -2.50. The van der Waals surface area contributed by atoms with E-state index in [1.54, 1.807) is 0 Å². The Bertz CT molecular complexity index is 650. The molecule has 1 aliphatic heterocycles. The summed E-state index contributed by atoms with van der Waals surface area (Å²) in [6.45, 7) is 1.90. The third kappa shape index (κ3) is 3.73. The number of halogens is 1. The predicted octanol–water partition coefficient (Wildman–Crippen LogP) is 1.12. The molecule has 2 atom stereocenters. The van der Waals surface area contributed by atoms with Crippen LogP contribution in [0.15, 0.2) is 18.2 Å². The Balaban J connectivity index is 2.04. The lowest BCUT2D eigenvalue weighted by atomic mass is 10.1. The first-order valence-electron chi connectivity index (χ1n) is 7.20. The van der Waals surface area contributed by atoms with E-state index in [0.717, 1.165) is 0 Å². The SMILES string of the molecule is CC(NC(=O)c1ccc(N)c(Cl)c1)C(=O)N1CCCC1C(=O)O. The summed E-state index contributed by atoms with van der Waals surface area (Å²) in [6.07, 6.45) is 1.06. The number of amides is 2. The van der Waals surface area contributed by atoms with Crippen LogP contribution < -0.4 is 11.1 Å². The van der Waals surface area contributed by atoms with Crippen LogP contribution in [0.3, 0.4) is 0 Å². The summed E-state index contributed by atoms with van der Waals surface area (Å²) in [4.78, 5) is 36.9. The van der Waals surface area contributed by atoms with Crippen molar-refractivity contribution in [1.82, 2.24) is 10.2 Å². The number of nitrogen functional groups attached to an aromatic ring is 1. The highest BCUT2D eigenvalue weighted by molar-refractivity contribution is 6.33. The van der Waals surface area contributed by atoms with E-state index in [0.29, 0.717) is 25.1 Å². The maximum atomic E-state index is 12.3. The first-order chi connectivity index (χ1) is 10.8. The molecule has 1 saturated heterocycles. The number of benzene rings is 1. The fraction of sp³-hybridized carbons (Fsp3) is 0.400. The van der Waals surface area contributed by atoms with E-state index < -0.39 is 29.9 Å². The second kappa shape index (κ2) is 6.87. The zero-order valence-corrected chi connectivity index (χ0v) is 13.3. The zero-order valence-electron chi connectivity index (χ0n) is 12.6. The number of nitrogens with zero attached hydrogens (tertiary/aromatic N) is 1. The molecule has 2 unspecified atom stereocenters. The van der Waals surface area contributed by atoms with Crippen LogP contribution in [0.1, 0.15) is 30.1 Å². The van der Waals surface area contributed by atoms with Gasteiger partial charge < -0.3 is 21.1 Å². The second-order valence-corrected chi connectivity index (χ2v) is 5.87. The molecule has 1 aromatic rings. The molecule has 0 spiro atoms. The van der Waals surface area contributed by atoms with Gasteiger partial charge in [-0.15, -0.1) is 0 Å². The standard InChI is InChI=1S/C15H18ClN3O4/c1-8(14(21)19-6-2-3-12(19)15(22)23)18-13(20)9-4-5-11(17)10(16)7-9/h4-5,7-8,12H,2-3,6,17H2,1H3,(H,18,20)(H,22,23). The topological polar surface area (TPSA) is 113 Å². The Kier molecular flexibility index (Phi) is 5.10. The highest BCUT2D eigenvalue weighted by Crippen LogP contribution is 2.20. The number of hydrogen-bond acceptors (Lipinski definition) is 4. The van der Waals surface area contributed by atoms with Crippen molar-refractivity contribution < 1.29 is 19.5 Å². The van der Waals surface area contributed by atoms with Crippen LogP contribution in [0.5, 0.6) is 0 Å². The van der Waals surface area contributed by atoms with Gasteiger partial charge in [0.1, 0.15) is 12.1 Å². The lowest BCUT2D eigenvalue weighted by molar-refractivity contribution is -0.148. The molecule has 0 aromatic heterocycles. The maximum Gasteiger partial charge on any atom is 0.326 e. The summed E-state index contributed by atoms with van der Waals surface area (Å²) >= 11 is 5.87. The Labute approximate surface area is 138 Å². The molecule has 7 nitrogen and oxygen atoms in total. The molecular weight excluding hydrogens is 322 g/mol. The summed E-state index contributed by atoms with van der Waals surface area (Å²) < 4.78 is 0. The molecule has 8 heteroatoms. The highest BCUT2D eigenvalue weighted by atomic mass is 35.5. The first kappa shape index (κ1) is 17.1. The van der Waals surface area contributed by atoms with Crippen LogP contribution >= 0.6 is 11.6 Å². The third-order valence-electron chi connectivity index (χ3n) is 3.80. The van der Waals surface area contributed by atoms with Crippen molar-refractivity contribution in [3.63, 3.8) is 0 Å². The van der Waals surface area contributed by atoms with Crippen molar-refractivity contribution in [2.24, 2.45) is 0 Å². The number of nitrogens with two attached hydrogens (primary N) is 1. The number of carboxylic acids is 1. The van der Waals surface area contributed by atoms with E-state index >= 15 is 0 Å². The van der Waals surface area contributed by atoms with Gasteiger partial charge in [-0.1, -0.05) is 11.6 Å². The van der Waals surface area contributed by atoms with Gasteiger partial charge in [0.15, 0.2) is 0 Å². The fourth-order valence-corrected chi connectivity index (χ4v) is 2.73. The summed E-state index contributed by atoms with van der Waals surface area (Å²) in [5.74, 6) is -1.91. The summed E-state index contributed by atoms with van der Waals surface area (Å²) in [7, 11) is 0. The van der Waals surface area contributed by atoms with Crippen molar-refractivity contribution in [1.29, 1.82) is 0 Å². The van der Waals surface area contributed by atoms with Crippen LogP contribution in [0, 0.1) is 0 Å². The van der Waals surface area contributed by atoms with Gasteiger partial charge in [-0.25, -0.2) is 4.79 Å². The normalized spacial score (nSPS) is 18.5. The van der Waals surface area contributed by atoms with E-state index in [1.165, 1.54) is 30.0 Å². The molecule has 2 rings (SSSR count). The van der Waals surface area contributed by atoms with Gasteiger partial charge >= 0.3 is 5.97 Å². The van der Waals surface area contributed by atoms with E-state index in [2.05, 4.69) is 5.32 Å². The lowest BCUT2D eigenvalue weighted by Gasteiger charge is -2.25. The summed E-state index contributed by atoms with van der Waals surface area (Å²) in [6, 6.07) is 2.76. The highest BCUT2D eigenvalue weighted by Gasteiger charge is 2.36. The largest absolute Gasteiger partial charge is 0.480 e. The van der Waals surface area contributed by atoms with Crippen LogP contribution in [0.25, 0.3) is 0 Å². The number of rotatable bonds is 4. The fourth-order valence-electron chi connectivity index (χ4n) is 2.55. The maximum absolute atomic E-state index is 12.3. The van der Waals surface area contributed by atoms with Gasteiger partial charge in [-0.3, -0.25) is 9.59 Å². The molecule has 2 amide bonds. The van der Waals surface area contributed by atoms with E-state index in [-0.39, 0.29) is 10.6 Å². The monoisotopic (exact) mass is 339 g/mol. The predicted molar refractivity (Wildman–Crippen MR) is 85.2 cm³/mol. The van der Waals surface area contributed by atoms with E-state index in [9.17, 15) is 14.4 Å². The van der Waals surface area contributed by atoms with Crippen LogP contribution in [0.4, 0.5) is 5.69 Å². The molecular formula is C15H18ClN3O4. The third-order valence-corrected chi connectivity index (χ3v) is 4.13. The number of carboxylic acid groups (broad SMARTS) is 1. The smallest absolute Gasteiger partial charge is 0.326 e. The summed E-state index contributed by atoms with van der Waals surface area (Å²) in [5.41, 5.74) is 6.22. The van der Waals surface area contributed by atoms with E-state index in [4.69, 9.17) is 22.4 Å². The summed E-state index contributed by atoms with van der Waals surface area (Å²) in [5, 5.41) is 11.9.